The Kier molecular flexibility index (Phi) is 4.35. The predicted molar refractivity (Wildman–Crippen MR) is 73.8 cm³/mol. The van der Waals surface area contributed by atoms with Crippen LogP contribution in [0.2, 0.25) is 0 Å². The molecule has 2 N–H and O–H groups in total. The van der Waals surface area contributed by atoms with Crippen molar-refractivity contribution < 1.29 is 9.90 Å². The van der Waals surface area contributed by atoms with Crippen LogP contribution in [0.5, 0.6) is 0 Å². The number of benzene rings is 1. The maximum absolute atomic E-state index is 11.8. The van der Waals surface area contributed by atoms with Crippen molar-refractivity contribution in [3.05, 3.63) is 29.8 Å². The first-order valence-electron chi connectivity index (χ1n) is 6.02. The van der Waals surface area contributed by atoms with Gasteiger partial charge in [-0.25, -0.2) is 0 Å². The van der Waals surface area contributed by atoms with Crippen molar-refractivity contribution in [2.45, 2.75) is 32.4 Å². The molecule has 0 aliphatic carbocycles. The lowest BCUT2D eigenvalue weighted by molar-refractivity contribution is 0.0649. The van der Waals surface area contributed by atoms with Crippen LogP contribution in [0, 0.1) is 0 Å². The Hall–Kier alpha value is -1.55. The third-order valence-electron chi connectivity index (χ3n) is 2.96. The number of nitrogens with one attached hydrogen (secondary N) is 1. The van der Waals surface area contributed by atoms with Crippen molar-refractivity contribution in [3.63, 3.8) is 0 Å². The summed E-state index contributed by atoms with van der Waals surface area (Å²) in [6.07, 6.45) is 0. The number of aliphatic hydroxyl groups is 1. The van der Waals surface area contributed by atoms with Gasteiger partial charge in [-0.2, -0.15) is 0 Å². The van der Waals surface area contributed by atoms with E-state index in [-0.39, 0.29) is 11.9 Å². The number of hydrogen-bond donors (Lipinski definition) is 2. The Balaban J connectivity index is 2.87. The normalized spacial score (nSPS) is 13.0. The first kappa shape index (κ1) is 14.5. The van der Waals surface area contributed by atoms with Crippen molar-refractivity contribution in [2.75, 3.05) is 19.4 Å². The molecule has 1 amide bonds. The molecule has 0 aliphatic heterocycles. The number of carbonyl (C=O) groups is 1. The van der Waals surface area contributed by atoms with Crippen LogP contribution in [0.4, 0.5) is 5.69 Å². The van der Waals surface area contributed by atoms with Crippen LogP contribution in [0.25, 0.3) is 0 Å². The number of nitrogens with zero attached hydrogens (tertiary/aromatic N) is 1. The summed E-state index contributed by atoms with van der Waals surface area (Å²) in [6.45, 7) is 5.40. The Morgan fingerprint density at radius 1 is 1.39 bits per heavy atom. The lowest BCUT2D eigenvalue weighted by atomic mass is 10.0. The van der Waals surface area contributed by atoms with Gasteiger partial charge in [0, 0.05) is 25.3 Å². The zero-order valence-electron chi connectivity index (χ0n) is 11.7. The van der Waals surface area contributed by atoms with Crippen LogP contribution >= 0.6 is 0 Å². The fourth-order valence-corrected chi connectivity index (χ4v) is 1.43. The monoisotopic (exact) mass is 250 g/mol. The van der Waals surface area contributed by atoms with Crippen LogP contribution in [0.15, 0.2) is 24.3 Å². The molecule has 1 aromatic carbocycles. The topological polar surface area (TPSA) is 52.6 Å². The van der Waals surface area contributed by atoms with Gasteiger partial charge in [-0.3, -0.25) is 4.79 Å². The SMILES string of the molecule is CC(Nc1cccc(C(=O)N(C)C)c1)C(C)(C)O. The number of anilines is 1. The smallest absolute Gasteiger partial charge is 0.253 e. The van der Waals surface area contributed by atoms with Gasteiger partial charge in [-0.15, -0.1) is 0 Å². The van der Waals surface area contributed by atoms with E-state index in [9.17, 15) is 9.90 Å². The Morgan fingerprint density at radius 3 is 2.50 bits per heavy atom. The van der Waals surface area contributed by atoms with Crippen LogP contribution in [0.1, 0.15) is 31.1 Å². The molecular weight excluding hydrogens is 228 g/mol. The van der Waals surface area contributed by atoms with Crippen molar-refractivity contribution in [1.82, 2.24) is 4.90 Å². The lowest BCUT2D eigenvalue weighted by Gasteiger charge is -2.27. The highest BCUT2D eigenvalue weighted by molar-refractivity contribution is 5.94. The van der Waals surface area contributed by atoms with Gasteiger partial charge >= 0.3 is 0 Å². The summed E-state index contributed by atoms with van der Waals surface area (Å²) in [5, 5.41) is 13.1. The standard InChI is InChI=1S/C14H22N2O2/c1-10(14(2,3)18)15-12-8-6-7-11(9-12)13(17)16(4)5/h6-10,15,18H,1-5H3. The van der Waals surface area contributed by atoms with E-state index in [1.165, 1.54) is 0 Å². The average Bonchev–Trinajstić information content (AvgIpc) is 2.27. The van der Waals surface area contributed by atoms with E-state index in [0.717, 1.165) is 5.69 Å². The molecule has 4 nitrogen and oxygen atoms in total. The first-order chi connectivity index (χ1) is 8.21. The van der Waals surface area contributed by atoms with E-state index in [2.05, 4.69) is 5.32 Å². The average molecular weight is 250 g/mol. The lowest BCUT2D eigenvalue weighted by Crippen LogP contribution is -2.39. The van der Waals surface area contributed by atoms with Gasteiger partial charge in [0.05, 0.1) is 11.6 Å². The zero-order valence-corrected chi connectivity index (χ0v) is 11.7. The predicted octanol–water partition coefficient (Wildman–Crippen LogP) is 1.96. The molecule has 100 valence electrons. The van der Waals surface area contributed by atoms with Gasteiger partial charge in [-0.1, -0.05) is 6.07 Å². The van der Waals surface area contributed by atoms with Crippen molar-refractivity contribution in [2.24, 2.45) is 0 Å². The van der Waals surface area contributed by atoms with Crippen molar-refractivity contribution >= 4 is 11.6 Å². The summed E-state index contributed by atoms with van der Waals surface area (Å²) in [4.78, 5) is 13.4. The molecular formula is C14H22N2O2. The van der Waals surface area contributed by atoms with Gasteiger partial charge in [0.1, 0.15) is 0 Å². The van der Waals surface area contributed by atoms with E-state index in [0.29, 0.717) is 5.56 Å². The summed E-state index contributed by atoms with van der Waals surface area (Å²) in [7, 11) is 3.45. The summed E-state index contributed by atoms with van der Waals surface area (Å²) >= 11 is 0. The highest BCUT2D eigenvalue weighted by Crippen LogP contribution is 2.17. The second-order valence-corrected chi connectivity index (χ2v) is 5.30. The molecule has 0 aliphatic rings. The zero-order chi connectivity index (χ0) is 13.9. The van der Waals surface area contributed by atoms with Crippen LogP contribution in [0.3, 0.4) is 0 Å². The van der Waals surface area contributed by atoms with E-state index >= 15 is 0 Å². The molecule has 0 aromatic heterocycles. The van der Waals surface area contributed by atoms with Gasteiger partial charge in [0.25, 0.3) is 5.91 Å². The minimum absolute atomic E-state index is 0.0328. The molecule has 0 saturated carbocycles. The van der Waals surface area contributed by atoms with E-state index in [1.807, 2.05) is 19.1 Å². The maximum Gasteiger partial charge on any atom is 0.253 e. The minimum Gasteiger partial charge on any atom is -0.388 e. The number of hydrogen-bond acceptors (Lipinski definition) is 3. The van der Waals surface area contributed by atoms with Crippen molar-refractivity contribution in [3.8, 4) is 0 Å². The van der Waals surface area contributed by atoms with Gasteiger partial charge in [0.2, 0.25) is 0 Å². The summed E-state index contributed by atoms with van der Waals surface area (Å²) in [6, 6.07) is 7.18. The second-order valence-electron chi connectivity index (χ2n) is 5.30. The fraction of sp³-hybridized carbons (Fsp3) is 0.500. The molecule has 0 heterocycles. The van der Waals surface area contributed by atoms with Gasteiger partial charge in [0.15, 0.2) is 0 Å². The summed E-state index contributed by atoms with van der Waals surface area (Å²) in [5.74, 6) is -0.0328. The highest BCUT2D eigenvalue weighted by Gasteiger charge is 2.22. The molecule has 0 spiro atoms. The summed E-state index contributed by atoms with van der Waals surface area (Å²) < 4.78 is 0. The molecule has 1 aromatic rings. The molecule has 18 heavy (non-hydrogen) atoms. The molecule has 1 rings (SSSR count). The quantitative estimate of drug-likeness (QED) is 0.859. The molecule has 4 heteroatoms. The third kappa shape index (κ3) is 3.74. The Morgan fingerprint density at radius 2 is 2.00 bits per heavy atom. The number of rotatable bonds is 4. The Labute approximate surface area is 109 Å². The number of amides is 1. The molecule has 1 atom stereocenters. The number of carbonyl (C=O) groups excluding carboxylic acids is 1. The van der Waals surface area contributed by atoms with Crippen LogP contribution in [-0.2, 0) is 0 Å². The van der Waals surface area contributed by atoms with Crippen LogP contribution < -0.4 is 5.32 Å². The molecule has 0 bridgehead atoms. The third-order valence-corrected chi connectivity index (χ3v) is 2.96. The van der Waals surface area contributed by atoms with E-state index in [1.54, 1.807) is 45.0 Å². The second kappa shape index (κ2) is 5.40. The molecule has 0 radical (unpaired) electrons. The molecule has 0 saturated heterocycles. The van der Waals surface area contributed by atoms with Gasteiger partial charge < -0.3 is 15.3 Å². The van der Waals surface area contributed by atoms with E-state index in [4.69, 9.17) is 0 Å². The molecule has 1 unspecified atom stereocenters. The Bertz CT molecular complexity index is 422. The summed E-state index contributed by atoms with van der Waals surface area (Å²) in [5.41, 5.74) is 0.645. The van der Waals surface area contributed by atoms with Crippen LogP contribution in [-0.4, -0.2) is 41.7 Å². The van der Waals surface area contributed by atoms with Gasteiger partial charge in [-0.05, 0) is 39.0 Å². The fourth-order valence-electron chi connectivity index (χ4n) is 1.43. The first-order valence-corrected chi connectivity index (χ1v) is 6.02. The maximum atomic E-state index is 11.8. The largest absolute Gasteiger partial charge is 0.388 e. The van der Waals surface area contributed by atoms with Crippen molar-refractivity contribution in [1.29, 1.82) is 0 Å². The van der Waals surface area contributed by atoms with E-state index < -0.39 is 5.60 Å². The minimum atomic E-state index is -0.818. The molecule has 0 fully saturated rings. The highest BCUT2D eigenvalue weighted by atomic mass is 16.3.